The van der Waals surface area contributed by atoms with Gasteiger partial charge in [0.15, 0.2) is 0 Å². The molecule has 1 aliphatic carbocycles. The molecule has 1 aliphatic rings. The van der Waals surface area contributed by atoms with E-state index in [4.69, 9.17) is 0 Å². The van der Waals surface area contributed by atoms with Crippen LogP contribution in [0.5, 0.6) is 0 Å². The third-order valence-corrected chi connectivity index (χ3v) is 4.88. The predicted octanol–water partition coefficient (Wildman–Crippen LogP) is 3.62. The number of aryl methyl sites for hydroxylation is 2. The van der Waals surface area contributed by atoms with E-state index >= 15 is 0 Å². The fourth-order valence-corrected chi connectivity index (χ4v) is 3.64. The Morgan fingerprint density at radius 2 is 2.33 bits per heavy atom. The molecule has 3 rings (SSSR count). The minimum atomic E-state index is -0.0311. The molecule has 0 bridgehead atoms. The maximum Gasteiger partial charge on any atom is 0.246 e. The van der Waals surface area contributed by atoms with Crippen LogP contribution in [0.25, 0.3) is 0 Å². The van der Waals surface area contributed by atoms with Gasteiger partial charge in [0, 0.05) is 29.0 Å². The zero-order chi connectivity index (χ0) is 17.1. The van der Waals surface area contributed by atoms with Crippen LogP contribution in [0.4, 0.5) is 0 Å². The number of halogens is 1. The average Bonchev–Trinajstić information content (AvgIpc) is 2.58. The van der Waals surface area contributed by atoms with Crippen molar-refractivity contribution in [1.82, 2.24) is 14.9 Å². The van der Waals surface area contributed by atoms with Gasteiger partial charge in [-0.1, -0.05) is 34.6 Å². The van der Waals surface area contributed by atoms with Crippen LogP contribution >= 0.6 is 15.9 Å². The van der Waals surface area contributed by atoms with Crippen LogP contribution in [-0.2, 0) is 24.2 Å². The van der Waals surface area contributed by atoms with E-state index in [1.54, 1.807) is 0 Å². The normalized spacial score (nSPS) is 16.3. The third kappa shape index (κ3) is 3.73. The number of aromatic nitrogens is 2. The average molecular weight is 386 g/mol. The maximum atomic E-state index is 12.4. The number of hydrogen-bond acceptors (Lipinski definition) is 3. The molecule has 2 aromatic rings. The van der Waals surface area contributed by atoms with Crippen LogP contribution < -0.4 is 0 Å². The Balaban J connectivity index is 1.83. The highest BCUT2D eigenvalue weighted by molar-refractivity contribution is 9.10. The van der Waals surface area contributed by atoms with Crippen molar-refractivity contribution in [3.63, 3.8) is 0 Å². The van der Waals surface area contributed by atoms with Gasteiger partial charge < -0.3 is 4.90 Å². The van der Waals surface area contributed by atoms with Gasteiger partial charge in [-0.2, -0.15) is 0 Å². The number of rotatable bonds is 4. The monoisotopic (exact) mass is 385 g/mol. The van der Waals surface area contributed by atoms with Gasteiger partial charge in [0.25, 0.3) is 0 Å². The Morgan fingerprint density at radius 3 is 3.08 bits per heavy atom. The predicted molar refractivity (Wildman–Crippen MR) is 97.5 cm³/mol. The molecule has 124 valence electrons. The van der Waals surface area contributed by atoms with E-state index in [1.165, 1.54) is 6.08 Å². The molecule has 0 N–H and O–H groups in total. The number of amides is 1. The SMILES string of the molecule is C=CC(=O)N(Cc1cccc(Br)c1)C1CCc2nc(C)ncc2C1. The molecule has 1 atom stereocenters. The zero-order valence-corrected chi connectivity index (χ0v) is 15.3. The summed E-state index contributed by atoms with van der Waals surface area (Å²) in [5.74, 6) is 0.775. The summed E-state index contributed by atoms with van der Waals surface area (Å²) in [5.41, 5.74) is 3.37. The minimum Gasteiger partial charge on any atom is -0.332 e. The molecule has 0 radical (unpaired) electrons. The van der Waals surface area contributed by atoms with Gasteiger partial charge in [0.1, 0.15) is 5.82 Å². The summed E-state index contributed by atoms with van der Waals surface area (Å²) in [5, 5.41) is 0. The molecular weight excluding hydrogens is 366 g/mol. The Labute approximate surface area is 150 Å². The highest BCUT2D eigenvalue weighted by Crippen LogP contribution is 2.25. The molecule has 1 heterocycles. The van der Waals surface area contributed by atoms with Crippen molar-refractivity contribution in [2.24, 2.45) is 0 Å². The van der Waals surface area contributed by atoms with E-state index in [2.05, 4.69) is 32.5 Å². The van der Waals surface area contributed by atoms with Gasteiger partial charge in [0.2, 0.25) is 5.91 Å². The fourth-order valence-electron chi connectivity index (χ4n) is 3.19. The third-order valence-electron chi connectivity index (χ3n) is 4.38. The molecule has 0 fully saturated rings. The van der Waals surface area contributed by atoms with E-state index < -0.39 is 0 Å². The summed E-state index contributed by atoms with van der Waals surface area (Å²) < 4.78 is 1.02. The molecule has 0 spiro atoms. The van der Waals surface area contributed by atoms with E-state index in [1.807, 2.05) is 42.3 Å². The van der Waals surface area contributed by atoms with Crippen LogP contribution in [0.2, 0.25) is 0 Å². The summed E-state index contributed by atoms with van der Waals surface area (Å²) in [7, 11) is 0. The lowest BCUT2D eigenvalue weighted by Crippen LogP contribution is -2.42. The van der Waals surface area contributed by atoms with E-state index in [0.29, 0.717) is 6.54 Å². The molecular formula is C19H20BrN3O. The van der Waals surface area contributed by atoms with Crippen LogP contribution in [0.1, 0.15) is 29.1 Å². The first-order valence-electron chi connectivity index (χ1n) is 8.05. The van der Waals surface area contributed by atoms with Gasteiger partial charge in [-0.05, 0) is 55.5 Å². The van der Waals surface area contributed by atoms with Gasteiger partial charge in [-0.3, -0.25) is 4.79 Å². The van der Waals surface area contributed by atoms with Crippen LogP contribution in [0, 0.1) is 6.92 Å². The fraction of sp³-hybridized carbons (Fsp3) is 0.316. The quantitative estimate of drug-likeness (QED) is 0.754. The van der Waals surface area contributed by atoms with Crippen molar-refractivity contribution < 1.29 is 4.79 Å². The summed E-state index contributed by atoms with van der Waals surface area (Å²) >= 11 is 3.49. The second-order valence-electron chi connectivity index (χ2n) is 6.09. The molecule has 0 saturated carbocycles. The van der Waals surface area contributed by atoms with Crippen molar-refractivity contribution in [2.45, 2.75) is 38.8 Å². The van der Waals surface area contributed by atoms with Crippen molar-refractivity contribution >= 4 is 21.8 Å². The Bertz CT molecular complexity index is 775. The second kappa shape index (κ2) is 7.26. The van der Waals surface area contributed by atoms with Crippen LogP contribution in [0.3, 0.4) is 0 Å². The van der Waals surface area contributed by atoms with Gasteiger partial charge in [0.05, 0.1) is 0 Å². The lowest BCUT2D eigenvalue weighted by Gasteiger charge is -2.34. The number of carbonyl (C=O) groups excluding carboxylic acids is 1. The largest absolute Gasteiger partial charge is 0.332 e. The summed E-state index contributed by atoms with van der Waals surface area (Å²) in [6.07, 6.45) is 5.89. The summed E-state index contributed by atoms with van der Waals surface area (Å²) in [6, 6.07) is 8.21. The van der Waals surface area contributed by atoms with Crippen molar-refractivity contribution in [3.8, 4) is 0 Å². The molecule has 0 aliphatic heterocycles. The smallest absolute Gasteiger partial charge is 0.246 e. The van der Waals surface area contributed by atoms with Crippen LogP contribution in [-0.4, -0.2) is 26.8 Å². The maximum absolute atomic E-state index is 12.4. The highest BCUT2D eigenvalue weighted by Gasteiger charge is 2.27. The molecule has 1 aromatic heterocycles. The van der Waals surface area contributed by atoms with E-state index in [-0.39, 0.29) is 11.9 Å². The Hall–Kier alpha value is -2.01. The van der Waals surface area contributed by atoms with E-state index in [0.717, 1.165) is 46.4 Å². The number of hydrogen-bond donors (Lipinski definition) is 0. The Morgan fingerprint density at radius 1 is 1.50 bits per heavy atom. The first-order valence-corrected chi connectivity index (χ1v) is 8.85. The van der Waals surface area contributed by atoms with E-state index in [9.17, 15) is 4.79 Å². The lowest BCUT2D eigenvalue weighted by molar-refractivity contribution is -0.129. The number of fused-ring (bicyclic) bond motifs is 1. The first-order chi connectivity index (χ1) is 11.6. The molecule has 1 amide bonds. The van der Waals surface area contributed by atoms with Gasteiger partial charge in [-0.15, -0.1) is 0 Å². The number of benzene rings is 1. The van der Waals surface area contributed by atoms with Crippen molar-refractivity contribution in [2.75, 3.05) is 0 Å². The van der Waals surface area contributed by atoms with Gasteiger partial charge in [-0.25, -0.2) is 9.97 Å². The number of nitrogens with zero attached hydrogens (tertiary/aromatic N) is 3. The second-order valence-corrected chi connectivity index (χ2v) is 7.00. The molecule has 1 unspecified atom stereocenters. The Kier molecular flexibility index (Phi) is 5.09. The van der Waals surface area contributed by atoms with Crippen LogP contribution in [0.15, 0.2) is 47.6 Å². The van der Waals surface area contributed by atoms with Gasteiger partial charge >= 0.3 is 0 Å². The number of carbonyl (C=O) groups is 1. The topological polar surface area (TPSA) is 46.1 Å². The molecule has 5 heteroatoms. The standard InChI is InChI=1S/C19H20BrN3O/c1-3-19(24)23(12-14-5-4-6-16(20)9-14)17-7-8-18-15(10-17)11-21-13(2)22-18/h3-6,9,11,17H,1,7-8,10,12H2,2H3. The molecule has 0 saturated heterocycles. The summed E-state index contributed by atoms with van der Waals surface area (Å²) in [4.78, 5) is 23.2. The highest BCUT2D eigenvalue weighted by atomic mass is 79.9. The molecule has 1 aromatic carbocycles. The van der Waals surface area contributed by atoms with Crippen molar-refractivity contribution in [3.05, 3.63) is 70.2 Å². The summed E-state index contributed by atoms with van der Waals surface area (Å²) in [6.45, 7) is 6.16. The minimum absolute atomic E-state index is 0.0311. The van der Waals surface area contributed by atoms with Crippen molar-refractivity contribution in [1.29, 1.82) is 0 Å². The first kappa shape index (κ1) is 16.8. The molecule has 4 nitrogen and oxygen atoms in total. The molecule has 24 heavy (non-hydrogen) atoms. The zero-order valence-electron chi connectivity index (χ0n) is 13.7. The lowest BCUT2D eigenvalue weighted by atomic mass is 9.91.